The molecule has 1 fully saturated rings. The predicted molar refractivity (Wildman–Crippen MR) is 147 cm³/mol. The molecule has 3 atom stereocenters. The van der Waals surface area contributed by atoms with E-state index in [1.807, 2.05) is 19.1 Å². The first-order valence-electron chi connectivity index (χ1n) is 13.0. The molecular formula is C25H31F6N7O8. The molecule has 0 saturated heterocycles. The van der Waals surface area contributed by atoms with Crippen LogP contribution in [-0.4, -0.2) is 99.3 Å². The number of esters is 1. The lowest BCUT2D eigenvalue weighted by Crippen LogP contribution is -2.50. The second kappa shape index (κ2) is 16.9. The number of nitrogens with one attached hydrogen (secondary N) is 4. The van der Waals surface area contributed by atoms with Gasteiger partial charge < -0.3 is 41.7 Å². The summed E-state index contributed by atoms with van der Waals surface area (Å²) in [6.45, 7) is 1.34. The molecule has 46 heavy (non-hydrogen) atoms. The molecule has 1 aliphatic carbocycles. The van der Waals surface area contributed by atoms with Gasteiger partial charge in [-0.1, -0.05) is 24.5 Å². The zero-order valence-electron chi connectivity index (χ0n) is 24.1. The summed E-state index contributed by atoms with van der Waals surface area (Å²) >= 11 is 0. The number of anilines is 1. The number of hydrogen-bond donors (Lipinski definition) is 8. The molecule has 0 spiro atoms. The fourth-order valence-corrected chi connectivity index (χ4v) is 3.85. The highest BCUT2D eigenvalue weighted by atomic mass is 19.4. The minimum absolute atomic E-state index is 0.0496. The van der Waals surface area contributed by atoms with Gasteiger partial charge >= 0.3 is 30.3 Å². The van der Waals surface area contributed by atoms with Gasteiger partial charge in [0.05, 0.1) is 19.2 Å². The van der Waals surface area contributed by atoms with E-state index >= 15 is 0 Å². The summed E-state index contributed by atoms with van der Waals surface area (Å²) in [4.78, 5) is 51.1. The third-order valence-electron chi connectivity index (χ3n) is 5.94. The molecule has 2 unspecified atom stereocenters. The quantitative estimate of drug-likeness (QED) is 0.0904. The van der Waals surface area contributed by atoms with E-state index in [4.69, 9.17) is 30.9 Å². The summed E-state index contributed by atoms with van der Waals surface area (Å²) in [6, 6.07) is 4.29. The number of amides is 1. The average molecular weight is 672 g/mol. The van der Waals surface area contributed by atoms with E-state index in [-0.39, 0.29) is 23.9 Å². The molecule has 1 heterocycles. The predicted octanol–water partition coefficient (Wildman–Crippen LogP) is 1.67. The number of carbonyl (C=O) groups is 4. The summed E-state index contributed by atoms with van der Waals surface area (Å²) in [7, 11) is 1.17. The summed E-state index contributed by atoms with van der Waals surface area (Å²) < 4.78 is 68.1. The molecule has 0 bridgehead atoms. The van der Waals surface area contributed by atoms with Gasteiger partial charge in [-0.05, 0) is 31.9 Å². The molecule has 2 aromatic rings. The smallest absolute Gasteiger partial charge is 0.475 e. The number of carbonyl (C=O) groups excluding carboxylic acids is 2. The number of fused-ring (bicyclic) bond motifs is 1. The molecule has 9 N–H and O–H groups in total. The Balaban J connectivity index is 0.000000629. The van der Waals surface area contributed by atoms with Gasteiger partial charge in [0.25, 0.3) is 5.91 Å². The number of carboxylic acids is 2. The van der Waals surface area contributed by atoms with Crippen molar-refractivity contribution in [3.8, 4) is 0 Å². The van der Waals surface area contributed by atoms with Crippen LogP contribution in [0.25, 0.3) is 10.9 Å². The van der Waals surface area contributed by atoms with Gasteiger partial charge in [-0.3, -0.25) is 10.2 Å². The molecule has 1 aromatic heterocycles. The van der Waals surface area contributed by atoms with Crippen LogP contribution in [-0.2, 0) is 19.1 Å². The van der Waals surface area contributed by atoms with E-state index < -0.39 is 48.8 Å². The maximum Gasteiger partial charge on any atom is 0.490 e. The number of nitrogens with zero attached hydrogens (tertiary/aromatic N) is 2. The molecule has 15 nitrogen and oxygen atoms in total. The first-order chi connectivity index (χ1) is 21.2. The molecule has 256 valence electrons. The number of nitrogens with two attached hydrogens (primary N) is 1. The van der Waals surface area contributed by atoms with Crippen LogP contribution in [0.5, 0.6) is 0 Å². The van der Waals surface area contributed by atoms with Crippen molar-refractivity contribution in [1.82, 2.24) is 20.6 Å². The van der Waals surface area contributed by atoms with Gasteiger partial charge in [0.2, 0.25) is 5.82 Å². The van der Waals surface area contributed by atoms with Crippen molar-refractivity contribution in [2.45, 2.75) is 63.1 Å². The van der Waals surface area contributed by atoms with E-state index in [9.17, 15) is 41.0 Å². The zero-order valence-corrected chi connectivity index (χ0v) is 24.1. The van der Waals surface area contributed by atoms with Gasteiger partial charge in [0.1, 0.15) is 5.82 Å². The van der Waals surface area contributed by atoms with Crippen molar-refractivity contribution in [2.75, 3.05) is 19.0 Å². The molecule has 1 aromatic carbocycles. The van der Waals surface area contributed by atoms with Crippen molar-refractivity contribution in [2.24, 2.45) is 5.73 Å². The Hall–Kier alpha value is -4.95. The Morgan fingerprint density at radius 2 is 1.54 bits per heavy atom. The third kappa shape index (κ3) is 12.6. The summed E-state index contributed by atoms with van der Waals surface area (Å²) in [5.41, 5.74) is 7.12. The third-order valence-corrected chi connectivity index (χ3v) is 5.94. The zero-order chi connectivity index (χ0) is 35.4. The minimum atomic E-state index is -5.08. The maximum absolute atomic E-state index is 12.8. The molecule has 0 radical (unpaired) electrons. The van der Waals surface area contributed by atoms with Crippen LogP contribution in [0.1, 0.15) is 41.9 Å². The number of guanidine groups is 1. The highest BCUT2D eigenvalue weighted by Gasteiger charge is 2.39. The van der Waals surface area contributed by atoms with Crippen LogP contribution in [0.15, 0.2) is 18.2 Å². The van der Waals surface area contributed by atoms with Crippen LogP contribution >= 0.6 is 0 Å². The Bertz CT molecular complexity index is 1380. The van der Waals surface area contributed by atoms with Gasteiger partial charge in [-0.15, -0.1) is 0 Å². The van der Waals surface area contributed by atoms with Gasteiger partial charge in [-0.2, -0.15) is 26.3 Å². The highest BCUT2D eigenvalue weighted by molar-refractivity contribution is 5.98. The van der Waals surface area contributed by atoms with E-state index in [0.29, 0.717) is 11.3 Å². The van der Waals surface area contributed by atoms with E-state index in [1.165, 1.54) is 7.11 Å². The molecule has 1 amide bonds. The number of alkyl halides is 6. The number of methoxy groups -OCH3 is 1. The van der Waals surface area contributed by atoms with Crippen molar-refractivity contribution < 1.29 is 65.6 Å². The molecule has 1 saturated carbocycles. The molecule has 1 aliphatic rings. The van der Waals surface area contributed by atoms with Crippen LogP contribution < -0.4 is 21.7 Å². The SMILES string of the molecule is COC(=O)[C@H](CO)NC(=O)c1nc(NC2CCCCC2NC(=N)N)c2cc(C)ccc2n1.O=C(O)C(F)(F)F.O=C(O)C(F)(F)F. The number of carboxylic acid groups (broad SMARTS) is 2. The van der Waals surface area contributed by atoms with Crippen LogP contribution in [0.4, 0.5) is 32.2 Å². The number of aliphatic carboxylic acids is 2. The second-order valence-corrected chi connectivity index (χ2v) is 9.45. The second-order valence-electron chi connectivity index (χ2n) is 9.45. The number of halogens is 6. The van der Waals surface area contributed by atoms with Crippen molar-refractivity contribution >= 4 is 46.5 Å². The van der Waals surface area contributed by atoms with E-state index in [2.05, 4.69) is 30.7 Å². The number of benzene rings is 1. The lowest BCUT2D eigenvalue weighted by molar-refractivity contribution is -0.193. The average Bonchev–Trinajstić information content (AvgIpc) is 2.95. The Kier molecular flexibility index (Phi) is 14.4. The number of rotatable bonds is 7. The molecule has 21 heteroatoms. The number of aliphatic hydroxyl groups is 1. The summed E-state index contributed by atoms with van der Waals surface area (Å²) in [6.07, 6.45) is -6.43. The lowest BCUT2D eigenvalue weighted by Gasteiger charge is -2.33. The molecule has 3 rings (SSSR count). The highest BCUT2D eigenvalue weighted by Crippen LogP contribution is 2.27. The van der Waals surface area contributed by atoms with Gasteiger partial charge in [0, 0.05) is 17.5 Å². The van der Waals surface area contributed by atoms with Crippen molar-refractivity contribution in [3.05, 3.63) is 29.6 Å². The first kappa shape index (κ1) is 39.1. The number of aryl methyl sites for hydroxylation is 1. The minimum Gasteiger partial charge on any atom is -0.475 e. The van der Waals surface area contributed by atoms with Gasteiger partial charge in [0.15, 0.2) is 12.0 Å². The normalized spacial score (nSPS) is 16.7. The Morgan fingerprint density at radius 1 is 1.02 bits per heavy atom. The standard InChI is InChI=1S/C21H29N7O4.2C2HF3O2/c1-11-7-8-13-12(9-11)17(25-14-5-3-4-6-15(14)27-21(22)23)28-18(24-13)19(30)26-16(10-29)20(31)32-2;2*3-2(4,5)1(6)7/h7-9,14-16,29H,3-6,10H2,1-2H3,(H,26,30)(H4,22,23,27)(H,24,25,28);2*(H,6,7)/t14?,15?,16-;;/m0../s1. The fraction of sp³-hybridized carbons (Fsp3) is 0.480. The lowest BCUT2D eigenvalue weighted by atomic mass is 9.90. The van der Waals surface area contributed by atoms with E-state index in [1.54, 1.807) is 6.07 Å². The number of aromatic nitrogens is 2. The Labute approximate surface area is 256 Å². The summed E-state index contributed by atoms with van der Waals surface area (Å²) in [5, 5.41) is 40.8. The first-order valence-corrected chi connectivity index (χ1v) is 13.0. The van der Waals surface area contributed by atoms with Crippen LogP contribution in [0, 0.1) is 12.3 Å². The monoisotopic (exact) mass is 671 g/mol. The largest absolute Gasteiger partial charge is 0.490 e. The van der Waals surface area contributed by atoms with Crippen LogP contribution in [0.2, 0.25) is 0 Å². The Morgan fingerprint density at radius 3 is 2.00 bits per heavy atom. The maximum atomic E-state index is 12.8. The van der Waals surface area contributed by atoms with Crippen molar-refractivity contribution in [1.29, 1.82) is 5.41 Å². The number of aliphatic hydroxyl groups excluding tert-OH is 1. The number of ether oxygens (including phenoxy) is 1. The number of hydrogen-bond acceptors (Lipinski definition) is 10. The topological polar surface area (TPSA) is 250 Å². The van der Waals surface area contributed by atoms with Crippen molar-refractivity contribution in [3.63, 3.8) is 0 Å². The molecular weight excluding hydrogens is 640 g/mol. The summed E-state index contributed by atoms with van der Waals surface area (Å²) in [5.74, 6) is -6.74. The molecule has 0 aliphatic heterocycles. The fourth-order valence-electron chi connectivity index (χ4n) is 3.85. The van der Waals surface area contributed by atoms with E-state index in [0.717, 1.165) is 36.6 Å². The van der Waals surface area contributed by atoms with Crippen LogP contribution in [0.3, 0.4) is 0 Å². The van der Waals surface area contributed by atoms with Gasteiger partial charge in [-0.25, -0.2) is 24.4 Å².